The first-order valence-electron chi connectivity index (χ1n) is 13.4. The molecule has 4 aromatic rings. The molecule has 0 bridgehead atoms. The van der Waals surface area contributed by atoms with Crippen molar-refractivity contribution in [3.8, 4) is 5.75 Å². The highest BCUT2D eigenvalue weighted by atomic mass is 19.4. The maximum Gasteiger partial charge on any atom is 0.419 e. The van der Waals surface area contributed by atoms with Crippen molar-refractivity contribution in [1.29, 1.82) is 0 Å². The summed E-state index contributed by atoms with van der Waals surface area (Å²) in [5.41, 5.74) is 1.54. The Morgan fingerprint density at radius 2 is 1.54 bits per heavy atom. The second-order valence-electron chi connectivity index (χ2n) is 9.80. The molecule has 0 fully saturated rings. The number of halogens is 5. The highest BCUT2D eigenvalue weighted by Gasteiger charge is 2.33. The third-order valence-corrected chi connectivity index (χ3v) is 6.85. The fourth-order valence-electron chi connectivity index (χ4n) is 4.59. The van der Waals surface area contributed by atoms with Crippen LogP contribution in [-0.4, -0.2) is 11.6 Å². The smallest absolute Gasteiger partial charge is 0.419 e. The van der Waals surface area contributed by atoms with Crippen LogP contribution in [0.2, 0.25) is 0 Å². The first-order valence-corrected chi connectivity index (χ1v) is 13.4. The maximum absolute atomic E-state index is 15.2. The van der Waals surface area contributed by atoms with Gasteiger partial charge in [0, 0.05) is 11.1 Å². The Kier molecular flexibility index (Phi) is 9.54. The van der Waals surface area contributed by atoms with Crippen LogP contribution >= 0.6 is 0 Å². The quantitative estimate of drug-likeness (QED) is 0.132. The SMILES string of the molecule is CCCCCCOc1ccc(CCc2ccc3c(F)c(CCc4ccc(C(F)(F)F)c(F)c4)ccc3c2)nc1. The van der Waals surface area contributed by atoms with E-state index in [1.165, 1.54) is 25.3 Å². The molecule has 39 heavy (non-hydrogen) atoms. The van der Waals surface area contributed by atoms with Gasteiger partial charge in [-0.3, -0.25) is 4.98 Å². The number of benzene rings is 3. The number of fused-ring (bicyclic) bond motifs is 1. The number of aromatic nitrogens is 1. The lowest BCUT2D eigenvalue weighted by atomic mass is 9.97. The molecule has 206 valence electrons. The van der Waals surface area contributed by atoms with E-state index in [1.54, 1.807) is 18.3 Å². The maximum atomic E-state index is 15.2. The summed E-state index contributed by atoms with van der Waals surface area (Å²) in [4.78, 5) is 4.50. The highest BCUT2D eigenvalue weighted by Crippen LogP contribution is 2.32. The van der Waals surface area contributed by atoms with Crippen LogP contribution < -0.4 is 4.74 Å². The fraction of sp³-hybridized carbons (Fsp3) is 0.344. The lowest BCUT2D eigenvalue weighted by Gasteiger charge is -2.11. The van der Waals surface area contributed by atoms with Gasteiger partial charge in [-0.1, -0.05) is 62.6 Å². The van der Waals surface area contributed by atoms with Gasteiger partial charge < -0.3 is 4.74 Å². The van der Waals surface area contributed by atoms with Gasteiger partial charge in [-0.05, 0) is 78.4 Å². The monoisotopic (exact) mass is 541 g/mol. The zero-order valence-electron chi connectivity index (χ0n) is 22.0. The number of alkyl halides is 3. The molecule has 4 rings (SSSR count). The molecule has 1 heterocycles. The van der Waals surface area contributed by atoms with Crippen LogP contribution in [0.3, 0.4) is 0 Å². The minimum absolute atomic E-state index is 0.227. The lowest BCUT2D eigenvalue weighted by molar-refractivity contribution is -0.140. The molecule has 0 N–H and O–H groups in total. The molecular formula is C32H32F5NO. The third kappa shape index (κ3) is 7.78. The van der Waals surface area contributed by atoms with Crippen molar-refractivity contribution in [2.24, 2.45) is 0 Å². The van der Waals surface area contributed by atoms with Crippen LogP contribution in [-0.2, 0) is 31.9 Å². The second-order valence-corrected chi connectivity index (χ2v) is 9.80. The molecule has 0 radical (unpaired) electrons. The summed E-state index contributed by atoms with van der Waals surface area (Å²) < 4.78 is 73.1. The number of rotatable bonds is 12. The summed E-state index contributed by atoms with van der Waals surface area (Å²) in [6.45, 7) is 2.88. The molecule has 2 nitrogen and oxygen atoms in total. The molecule has 7 heteroatoms. The fourth-order valence-corrected chi connectivity index (χ4v) is 4.59. The van der Waals surface area contributed by atoms with Crippen LogP contribution in [0.25, 0.3) is 10.8 Å². The van der Waals surface area contributed by atoms with Crippen molar-refractivity contribution in [3.05, 3.63) is 106 Å². The standard InChI is InChI=1S/C32H32F5NO/c1-2-3-4-5-18-39-27-15-14-26(38-21-27)13-7-22-8-16-28-25(19-22)12-11-24(31(28)34)10-6-23-9-17-29(30(33)20-23)32(35,36)37/h8-9,11-12,14-17,19-21H,2-7,10,13,18H2,1H3. The molecule has 1 aromatic heterocycles. The van der Waals surface area contributed by atoms with E-state index in [0.29, 0.717) is 23.1 Å². The largest absolute Gasteiger partial charge is 0.492 e. The molecule has 0 aliphatic rings. The van der Waals surface area contributed by atoms with Crippen molar-refractivity contribution < 1.29 is 26.7 Å². The van der Waals surface area contributed by atoms with Crippen LogP contribution in [0.5, 0.6) is 5.75 Å². The molecule has 0 atom stereocenters. The van der Waals surface area contributed by atoms with E-state index < -0.39 is 17.6 Å². The Bertz CT molecular complexity index is 1380. The van der Waals surface area contributed by atoms with Gasteiger partial charge in [0.15, 0.2) is 0 Å². The summed E-state index contributed by atoms with van der Waals surface area (Å²) in [5.74, 6) is -0.905. The summed E-state index contributed by atoms with van der Waals surface area (Å²) in [6, 6.07) is 15.9. The van der Waals surface area contributed by atoms with E-state index in [9.17, 15) is 17.6 Å². The number of nitrogens with zero attached hydrogens (tertiary/aromatic N) is 1. The molecular weight excluding hydrogens is 509 g/mol. The molecule has 3 aromatic carbocycles. The summed E-state index contributed by atoms with van der Waals surface area (Å²) >= 11 is 0. The van der Waals surface area contributed by atoms with Crippen LogP contribution in [0.15, 0.2) is 66.9 Å². The molecule has 0 spiro atoms. The van der Waals surface area contributed by atoms with E-state index in [0.717, 1.165) is 53.8 Å². The minimum Gasteiger partial charge on any atom is -0.492 e. The normalized spacial score (nSPS) is 11.7. The zero-order chi connectivity index (χ0) is 27.8. The number of aryl methyl sites for hydroxylation is 4. The topological polar surface area (TPSA) is 22.1 Å². The molecule has 0 aliphatic heterocycles. The first-order chi connectivity index (χ1) is 18.7. The zero-order valence-corrected chi connectivity index (χ0v) is 22.0. The van der Waals surface area contributed by atoms with Gasteiger partial charge in [-0.25, -0.2) is 8.78 Å². The van der Waals surface area contributed by atoms with Gasteiger partial charge in [0.05, 0.1) is 18.4 Å². The number of hydrogen-bond acceptors (Lipinski definition) is 2. The average molecular weight is 542 g/mol. The predicted octanol–water partition coefficient (Wildman–Crippen LogP) is 9.06. The summed E-state index contributed by atoms with van der Waals surface area (Å²) in [5, 5.41) is 1.25. The van der Waals surface area contributed by atoms with E-state index in [-0.39, 0.29) is 18.7 Å². The van der Waals surface area contributed by atoms with Gasteiger partial charge in [-0.15, -0.1) is 0 Å². The van der Waals surface area contributed by atoms with E-state index in [2.05, 4.69) is 11.9 Å². The van der Waals surface area contributed by atoms with Crippen LogP contribution in [0, 0.1) is 11.6 Å². The Hall–Kier alpha value is -3.48. The van der Waals surface area contributed by atoms with Crippen molar-refractivity contribution >= 4 is 10.8 Å². The molecule has 0 saturated heterocycles. The van der Waals surface area contributed by atoms with Gasteiger partial charge in [0.25, 0.3) is 0 Å². The Morgan fingerprint density at radius 1 is 0.769 bits per heavy atom. The lowest BCUT2D eigenvalue weighted by Crippen LogP contribution is -2.08. The predicted molar refractivity (Wildman–Crippen MR) is 144 cm³/mol. The molecule has 0 saturated carbocycles. The van der Waals surface area contributed by atoms with Crippen molar-refractivity contribution in [2.75, 3.05) is 6.61 Å². The Balaban J connectivity index is 1.33. The molecule has 0 aliphatic carbocycles. The van der Waals surface area contributed by atoms with Gasteiger partial charge in [-0.2, -0.15) is 13.2 Å². The van der Waals surface area contributed by atoms with Crippen molar-refractivity contribution in [3.63, 3.8) is 0 Å². The summed E-state index contributed by atoms with van der Waals surface area (Å²) in [7, 11) is 0. The number of unbranched alkanes of at least 4 members (excludes halogenated alkanes) is 3. The first kappa shape index (κ1) is 28.5. The number of pyridine rings is 1. The van der Waals surface area contributed by atoms with Gasteiger partial charge >= 0.3 is 6.18 Å². The van der Waals surface area contributed by atoms with Crippen molar-refractivity contribution in [2.45, 2.75) is 64.5 Å². The van der Waals surface area contributed by atoms with Crippen LogP contribution in [0.1, 0.15) is 60.6 Å². The summed E-state index contributed by atoms with van der Waals surface area (Å²) in [6.07, 6.45) is 3.61. The highest BCUT2D eigenvalue weighted by molar-refractivity contribution is 5.84. The van der Waals surface area contributed by atoms with Gasteiger partial charge in [0.2, 0.25) is 0 Å². The molecule has 0 unspecified atom stereocenters. The third-order valence-electron chi connectivity index (χ3n) is 6.85. The van der Waals surface area contributed by atoms with Crippen molar-refractivity contribution in [1.82, 2.24) is 4.98 Å². The minimum atomic E-state index is -4.74. The number of ether oxygens (including phenoxy) is 1. The van der Waals surface area contributed by atoms with Crippen LogP contribution in [0.4, 0.5) is 22.0 Å². The van der Waals surface area contributed by atoms with E-state index in [4.69, 9.17) is 4.74 Å². The van der Waals surface area contributed by atoms with E-state index in [1.807, 2.05) is 30.3 Å². The Labute approximate surface area is 225 Å². The van der Waals surface area contributed by atoms with Gasteiger partial charge in [0.1, 0.15) is 17.4 Å². The molecule has 0 amide bonds. The second kappa shape index (κ2) is 13.0. The number of hydrogen-bond donors (Lipinski definition) is 0. The average Bonchev–Trinajstić information content (AvgIpc) is 2.91. The Morgan fingerprint density at radius 3 is 2.26 bits per heavy atom. The van der Waals surface area contributed by atoms with E-state index >= 15 is 4.39 Å².